The minimum atomic E-state index is -3.08. The Hall–Kier alpha value is -5.75. The van der Waals surface area contributed by atoms with E-state index < -0.39 is 55.9 Å². The number of fused-ring (bicyclic) bond motifs is 2. The van der Waals surface area contributed by atoms with Crippen molar-refractivity contribution in [2.45, 2.75) is 102 Å². The summed E-state index contributed by atoms with van der Waals surface area (Å²) in [5.74, 6) is -2.72. The normalized spacial score (nSPS) is 25.3. The summed E-state index contributed by atoms with van der Waals surface area (Å²) in [6.07, 6.45) is 0.147. The molecule has 60 heavy (non-hydrogen) atoms. The van der Waals surface area contributed by atoms with Crippen LogP contribution in [0.3, 0.4) is 0 Å². The van der Waals surface area contributed by atoms with Gasteiger partial charge in [0.25, 0.3) is 5.91 Å². The molecule has 3 fully saturated rings. The second-order valence-corrected chi connectivity index (χ2v) is 20.5. The van der Waals surface area contributed by atoms with Crippen molar-refractivity contribution >= 4 is 55.0 Å². The molecule has 8 rings (SSSR count). The number of aliphatic hydroxyl groups excluding tert-OH is 1. The van der Waals surface area contributed by atoms with Crippen LogP contribution in [0.4, 0.5) is 17.1 Å². The van der Waals surface area contributed by atoms with Gasteiger partial charge in [0.15, 0.2) is 26.4 Å². The molecule has 2 N–H and O–H groups in total. The number of aryl methyl sites for hydroxylation is 1. The van der Waals surface area contributed by atoms with Crippen LogP contribution in [0.25, 0.3) is 0 Å². The van der Waals surface area contributed by atoms with Gasteiger partial charge in [-0.2, -0.15) is 0 Å². The molecule has 3 amide bonds. The van der Waals surface area contributed by atoms with Gasteiger partial charge >= 0.3 is 11.9 Å². The number of amides is 3. The first-order valence-corrected chi connectivity index (χ1v) is 23.1. The van der Waals surface area contributed by atoms with Crippen LogP contribution < -0.4 is 14.7 Å². The molecule has 0 aliphatic carbocycles. The van der Waals surface area contributed by atoms with Crippen molar-refractivity contribution in [1.82, 2.24) is 15.0 Å². The zero-order valence-electron chi connectivity index (χ0n) is 34.1. The average Bonchev–Trinajstić information content (AvgIpc) is 3.84. The SMILES string of the molecule is CC(=O)OC1CC(=O)N1c1cccc(CN2C(=O)[C@@]3(O[C@@H](CCn4cc(C(CO)c5ccccc5)nn4)[C@H]([Si](C)(C)O)[C@H]3C)c3cc(N4C(=O)CC4OC(C)=O)ccc32)c1. The number of rotatable bonds is 13. The van der Waals surface area contributed by atoms with Crippen molar-refractivity contribution in [3.63, 3.8) is 0 Å². The van der Waals surface area contributed by atoms with Gasteiger partial charge in [0, 0.05) is 55.0 Å². The lowest BCUT2D eigenvalue weighted by Gasteiger charge is -2.39. The molecule has 3 unspecified atom stereocenters. The maximum atomic E-state index is 15.3. The summed E-state index contributed by atoms with van der Waals surface area (Å²) < 4.78 is 19.5. The highest BCUT2D eigenvalue weighted by Crippen LogP contribution is 2.60. The van der Waals surface area contributed by atoms with Gasteiger partial charge in [-0.3, -0.25) is 38.5 Å². The van der Waals surface area contributed by atoms with Gasteiger partial charge in [-0.25, -0.2) is 0 Å². The van der Waals surface area contributed by atoms with E-state index in [1.807, 2.05) is 56.4 Å². The third-order valence-electron chi connectivity index (χ3n) is 12.1. The van der Waals surface area contributed by atoms with E-state index in [9.17, 15) is 29.1 Å². The molecule has 314 valence electrons. The number of nitrogens with zero attached hydrogens (tertiary/aromatic N) is 6. The van der Waals surface area contributed by atoms with Gasteiger partial charge in [-0.05, 0) is 61.0 Å². The van der Waals surface area contributed by atoms with Crippen LogP contribution in [0, 0.1) is 5.92 Å². The highest BCUT2D eigenvalue weighted by atomic mass is 28.4. The Morgan fingerprint density at radius 3 is 2.17 bits per heavy atom. The Morgan fingerprint density at radius 2 is 1.57 bits per heavy atom. The lowest BCUT2D eigenvalue weighted by atomic mass is 9.82. The van der Waals surface area contributed by atoms with Crippen LogP contribution in [0.5, 0.6) is 0 Å². The summed E-state index contributed by atoms with van der Waals surface area (Å²) in [5, 5.41) is 19.0. The lowest BCUT2D eigenvalue weighted by Crippen LogP contribution is -2.55. The van der Waals surface area contributed by atoms with Gasteiger partial charge in [0.2, 0.25) is 11.8 Å². The molecule has 4 aliphatic rings. The summed E-state index contributed by atoms with van der Waals surface area (Å²) in [5.41, 5.74) is 2.22. The van der Waals surface area contributed by atoms with E-state index in [-0.39, 0.29) is 49.6 Å². The smallest absolute Gasteiger partial charge is 0.304 e. The molecule has 3 aromatic carbocycles. The number of aromatic nitrogens is 3. The monoisotopic (exact) mass is 836 g/mol. The second-order valence-electron chi connectivity index (χ2n) is 16.5. The molecule has 7 atom stereocenters. The Kier molecular flexibility index (Phi) is 10.7. The first kappa shape index (κ1) is 41.0. The van der Waals surface area contributed by atoms with Crippen LogP contribution in [0.1, 0.15) is 68.3 Å². The van der Waals surface area contributed by atoms with Gasteiger partial charge in [-0.15, -0.1) is 5.10 Å². The number of hydrogen-bond acceptors (Lipinski definition) is 12. The third kappa shape index (κ3) is 7.18. The molecule has 0 saturated carbocycles. The molecule has 0 radical (unpaired) electrons. The third-order valence-corrected chi connectivity index (χ3v) is 14.6. The molecule has 1 spiro atoms. The van der Waals surface area contributed by atoms with Crippen LogP contribution in [0.15, 0.2) is 79.0 Å². The number of benzene rings is 3. The predicted molar refractivity (Wildman–Crippen MR) is 219 cm³/mol. The molecule has 0 bridgehead atoms. The van der Waals surface area contributed by atoms with E-state index in [0.29, 0.717) is 46.8 Å². The van der Waals surface area contributed by atoms with Gasteiger partial charge in [0.1, 0.15) is 0 Å². The molecule has 4 aromatic rings. The van der Waals surface area contributed by atoms with Crippen molar-refractivity contribution in [2.75, 3.05) is 21.3 Å². The van der Waals surface area contributed by atoms with E-state index in [0.717, 1.165) is 5.56 Å². The van der Waals surface area contributed by atoms with Crippen LogP contribution in [-0.2, 0) is 56.9 Å². The first-order valence-electron chi connectivity index (χ1n) is 20.1. The first-order chi connectivity index (χ1) is 28.6. The topological polar surface area (TPSA) is 194 Å². The Bertz CT molecular complexity index is 2350. The maximum Gasteiger partial charge on any atom is 0.304 e. The number of aliphatic hydroxyl groups is 1. The molecular weight excluding hydrogens is 789 g/mol. The van der Waals surface area contributed by atoms with Crippen LogP contribution >= 0.6 is 0 Å². The van der Waals surface area contributed by atoms with Crippen molar-refractivity contribution in [1.29, 1.82) is 0 Å². The zero-order chi connectivity index (χ0) is 42.7. The highest BCUT2D eigenvalue weighted by Gasteiger charge is 2.66. The summed E-state index contributed by atoms with van der Waals surface area (Å²) >= 11 is 0. The number of carbonyl (C=O) groups is 5. The molecule has 3 saturated heterocycles. The average molecular weight is 837 g/mol. The van der Waals surface area contributed by atoms with Crippen molar-refractivity contribution in [2.24, 2.45) is 5.92 Å². The maximum absolute atomic E-state index is 15.3. The van der Waals surface area contributed by atoms with E-state index >= 15 is 4.79 Å². The van der Waals surface area contributed by atoms with E-state index in [1.165, 1.54) is 23.6 Å². The van der Waals surface area contributed by atoms with Gasteiger partial charge < -0.3 is 29.0 Å². The minimum absolute atomic E-state index is 0.0246. The number of ether oxygens (including phenoxy) is 3. The molecule has 5 heterocycles. The fourth-order valence-corrected chi connectivity index (χ4v) is 12.1. The Balaban J connectivity index is 1.14. The molecule has 1 aromatic heterocycles. The summed E-state index contributed by atoms with van der Waals surface area (Å²) in [6.45, 7) is 8.45. The second kappa shape index (κ2) is 15.7. The molecular formula is C43H48N6O10Si. The van der Waals surface area contributed by atoms with Crippen LogP contribution in [0.2, 0.25) is 18.6 Å². The number of carbonyl (C=O) groups excluding carboxylic acids is 5. The molecule has 16 nitrogen and oxygen atoms in total. The number of hydrogen-bond donors (Lipinski definition) is 2. The van der Waals surface area contributed by atoms with Crippen molar-refractivity contribution in [3.8, 4) is 0 Å². The highest BCUT2D eigenvalue weighted by molar-refractivity contribution is 6.71. The minimum Gasteiger partial charge on any atom is -0.441 e. The predicted octanol–water partition coefficient (Wildman–Crippen LogP) is 4.09. The Labute approximate surface area is 347 Å². The quantitative estimate of drug-likeness (QED) is 0.112. The zero-order valence-corrected chi connectivity index (χ0v) is 35.1. The van der Waals surface area contributed by atoms with E-state index in [4.69, 9.17) is 14.2 Å². The van der Waals surface area contributed by atoms with Crippen molar-refractivity contribution in [3.05, 3.63) is 101 Å². The fraction of sp³-hybridized carbons (Fsp3) is 0.419. The standard InChI is InChI=1S/C43H48N6O10Si/c1-25-41(60(4,5)56)36(16-17-46-23-34(44-45-46)32(24-50)29-11-7-6-8-12-29)59-43(25)33-19-31(49-38(54)21-40(49)58-27(3)52)14-15-35(33)47(42(43)55)22-28-10-9-13-30(18-28)48-37(53)20-39(48)57-26(2)51/h6-15,18-19,23,25,32,36,39-41,50,56H,16-17,20-22,24H2,1-5H3/t25-,32?,36+,39?,40?,41-,43+/m1/s1. The number of β-lactam (4-membered cyclic amide) rings is 2. The van der Waals surface area contributed by atoms with E-state index in [2.05, 4.69) is 10.3 Å². The molecule has 4 aliphatic heterocycles. The van der Waals surface area contributed by atoms with Gasteiger partial charge in [-0.1, -0.05) is 54.6 Å². The van der Waals surface area contributed by atoms with E-state index in [1.54, 1.807) is 52.2 Å². The summed E-state index contributed by atoms with van der Waals surface area (Å²) in [7, 11) is -3.08. The lowest BCUT2D eigenvalue weighted by molar-refractivity contribution is -0.155. The summed E-state index contributed by atoms with van der Waals surface area (Å²) in [6, 6.07) is 21.9. The number of esters is 2. The van der Waals surface area contributed by atoms with Crippen LogP contribution in [-0.4, -0.2) is 88.0 Å². The van der Waals surface area contributed by atoms with Crippen molar-refractivity contribution < 1.29 is 48.1 Å². The van der Waals surface area contributed by atoms with Gasteiger partial charge in [0.05, 0.1) is 49.4 Å². The Morgan fingerprint density at radius 1 is 0.917 bits per heavy atom. The largest absolute Gasteiger partial charge is 0.441 e. The molecule has 17 heteroatoms. The summed E-state index contributed by atoms with van der Waals surface area (Å²) in [4.78, 5) is 81.0. The number of anilines is 3. The fourth-order valence-electron chi connectivity index (χ4n) is 9.49.